The second-order valence-corrected chi connectivity index (χ2v) is 2.21. The molecule has 0 N–H and O–H groups in total. The molecular formula is C7H9LiOS. The molecule has 0 aromatic heterocycles. The van der Waals surface area contributed by atoms with Crippen LogP contribution in [0.1, 0.15) is 0 Å². The van der Waals surface area contributed by atoms with E-state index in [4.69, 9.17) is 4.74 Å². The average molecular weight is 148 g/mol. The van der Waals surface area contributed by atoms with Gasteiger partial charge in [0.15, 0.2) is 0 Å². The summed E-state index contributed by atoms with van der Waals surface area (Å²) < 4.78 is 4.94. The maximum atomic E-state index is 4.94. The Kier molecular flexibility index (Phi) is 4.72. The number of ether oxygens (including phenoxy) is 1. The van der Waals surface area contributed by atoms with Gasteiger partial charge in [0.1, 0.15) is 5.75 Å². The fourth-order valence-corrected chi connectivity index (χ4v) is 0.731. The van der Waals surface area contributed by atoms with E-state index in [1.807, 2.05) is 24.3 Å². The zero-order chi connectivity index (χ0) is 6.69. The van der Waals surface area contributed by atoms with Gasteiger partial charge < -0.3 is 4.74 Å². The SMILES string of the molecule is COc1ccc(S)cc1.[LiH]. The van der Waals surface area contributed by atoms with Crippen molar-refractivity contribution in [3.8, 4) is 5.75 Å². The Morgan fingerprint density at radius 1 is 1.20 bits per heavy atom. The zero-order valence-electron chi connectivity index (χ0n) is 5.16. The quantitative estimate of drug-likeness (QED) is 0.467. The molecule has 50 valence electrons. The van der Waals surface area contributed by atoms with E-state index in [1.54, 1.807) is 7.11 Å². The number of benzene rings is 1. The molecule has 1 aromatic rings. The van der Waals surface area contributed by atoms with E-state index < -0.39 is 0 Å². The Morgan fingerprint density at radius 2 is 1.70 bits per heavy atom. The molecule has 0 bridgehead atoms. The first kappa shape index (κ1) is 9.97. The van der Waals surface area contributed by atoms with Gasteiger partial charge in [0.05, 0.1) is 7.11 Å². The van der Waals surface area contributed by atoms with Crippen molar-refractivity contribution in [2.24, 2.45) is 0 Å². The molecule has 0 amide bonds. The Hall–Kier alpha value is -0.0326. The summed E-state index contributed by atoms with van der Waals surface area (Å²) in [6.45, 7) is 0. The van der Waals surface area contributed by atoms with Gasteiger partial charge in [-0.15, -0.1) is 12.6 Å². The number of hydrogen-bond acceptors (Lipinski definition) is 2. The molecule has 0 radical (unpaired) electrons. The van der Waals surface area contributed by atoms with Gasteiger partial charge in [-0.25, -0.2) is 0 Å². The first-order valence-electron chi connectivity index (χ1n) is 2.66. The Morgan fingerprint density at radius 3 is 2.10 bits per heavy atom. The second-order valence-electron chi connectivity index (χ2n) is 1.70. The summed E-state index contributed by atoms with van der Waals surface area (Å²) in [6.07, 6.45) is 0. The predicted molar refractivity (Wildman–Crippen MR) is 47.4 cm³/mol. The van der Waals surface area contributed by atoms with Crippen molar-refractivity contribution in [3.05, 3.63) is 24.3 Å². The van der Waals surface area contributed by atoms with E-state index in [0.717, 1.165) is 10.6 Å². The van der Waals surface area contributed by atoms with Gasteiger partial charge in [0.2, 0.25) is 0 Å². The Balaban J connectivity index is 0.000000810. The first-order chi connectivity index (χ1) is 4.33. The molecule has 0 aliphatic heterocycles. The zero-order valence-corrected chi connectivity index (χ0v) is 6.06. The topological polar surface area (TPSA) is 9.23 Å². The summed E-state index contributed by atoms with van der Waals surface area (Å²) in [7, 11) is 1.65. The third-order valence-electron chi connectivity index (χ3n) is 1.07. The standard InChI is InChI=1S/C7H8OS.Li.H/c1-8-6-2-4-7(9)5-3-6;;/h2-5,9H,1H3;;. The average Bonchev–Trinajstić information content (AvgIpc) is 1.90. The van der Waals surface area contributed by atoms with Crippen molar-refractivity contribution < 1.29 is 4.74 Å². The Labute approximate surface area is 78.4 Å². The Bertz CT molecular complexity index is 185. The molecule has 0 spiro atoms. The van der Waals surface area contributed by atoms with Crippen LogP contribution in [0.2, 0.25) is 0 Å². The van der Waals surface area contributed by atoms with Gasteiger partial charge >= 0.3 is 18.9 Å². The van der Waals surface area contributed by atoms with Crippen LogP contribution < -0.4 is 4.74 Å². The molecule has 0 atom stereocenters. The molecule has 0 unspecified atom stereocenters. The van der Waals surface area contributed by atoms with Crippen LogP contribution in [0.5, 0.6) is 5.75 Å². The van der Waals surface area contributed by atoms with Crippen molar-refractivity contribution in [2.45, 2.75) is 4.90 Å². The molecule has 0 aliphatic rings. The molecule has 1 aromatic carbocycles. The third-order valence-corrected chi connectivity index (χ3v) is 1.37. The summed E-state index contributed by atoms with van der Waals surface area (Å²) in [4.78, 5) is 0.954. The third kappa shape index (κ3) is 2.70. The second kappa shape index (κ2) is 4.73. The van der Waals surface area contributed by atoms with Crippen LogP contribution in [0, 0.1) is 0 Å². The number of hydrogen-bond donors (Lipinski definition) is 1. The van der Waals surface area contributed by atoms with Gasteiger partial charge in [-0.05, 0) is 24.3 Å². The molecule has 1 rings (SSSR count). The fraction of sp³-hybridized carbons (Fsp3) is 0.143. The van der Waals surface area contributed by atoms with Crippen LogP contribution in [0.3, 0.4) is 0 Å². The van der Waals surface area contributed by atoms with Crippen molar-refractivity contribution in [1.29, 1.82) is 0 Å². The van der Waals surface area contributed by atoms with E-state index in [-0.39, 0.29) is 18.9 Å². The predicted octanol–water partition coefficient (Wildman–Crippen LogP) is 1.34. The molecule has 0 saturated heterocycles. The fourth-order valence-electron chi connectivity index (χ4n) is 0.582. The molecule has 0 aliphatic carbocycles. The number of rotatable bonds is 1. The van der Waals surface area contributed by atoms with E-state index in [1.165, 1.54) is 0 Å². The van der Waals surface area contributed by atoms with Crippen molar-refractivity contribution >= 4 is 31.5 Å². The summed E-state index contributed by atoms with van der Waals surface area (Å²) >= 11 is 4.11. The first-order valence-corrected chi connectivity index (χ1v) is 3.10. The number of thiol groups is 1. The summed E-state index contributed by atoms with van der Waals surface area (Å²) in [6, 6.07) is 7.54. The molecule has 0 saturated carbocycles. The number of methoxy groups -OCH3 is 1. The van der Waals surface area contributed by atoms with Gasteiger partial charge in [0.25, 0.3) is 0 Å². The van der Waals surface area contributed by atoms with Gasteiger partial charge in [-0.2, -0.15) is 0 Å². The van der Waals surface area contributed by atoms with Crippen molar-refractivity contribution in [3.63, 3.8) is 0 Å². The van der Waals surface area contributed by atoms with Gasteiger partial charge in [-0.3, -0.25) is 0 Å². The molecule has 10 heavy (non-hydrogen) atoms. The van der Waals surface area contributed by atoms with E-state index in [0.29, 0.717) is 0 Å². The molecular weight excluding hydrogens is 139 g/mol. The monoisotopic (exact) mass is 148 g/mol. The minimum absolute atomic E-state index is 0. The molecule has 3 heteroatoms. The summed E-state index contributed by atoms with van der Waals surface area (Å²) in [5.74, 6) is 0.868. The van der Waals surface area contributed by atoms with E-state index in [2.05, 4.69) is 12.6 Å². The maximum absolute atomic E-state index is 4.94. The van der Waals surface area contributed by atoms with Crippen LogP contribution in [0.25, 0.3) is 0 Å². The van der Waals surface area contributed by atoms with Crippen LogP contribution in [-0.2, 0) is 0 Å². The normalized spacial score (nSPS) is 8.20. The van der Waals surface area contributed by atoms with E-state index in [9.17, 15) is 0 Å². The molecule has 0 heterocycles. The van der Waals surface area contributed by atoms with Crippen molar-refractivity contribution in [2.75, 3.05) is 7.11 Å². The van der Waals surface area contributed by atoms with Crippen LogP contribution in [-0.4, -0.2) is 26.0 Å². The summed E-state index contributed by atoms with van der Waals surface area (Å²) in [5.41, 5.74) is 0. The van der Waals surface area contributed by atoms with Crippen molar-refractivity contribution in [1.82, 2.24) is 0 Å². The summed E-state index contributed by atoms with van der Waals surface area (Å²) in [5, 5.41) is 0. The minimum atomic E-state index is 0. The molecule has 1 nitrogen and oxygen atoms in total. The van der Waals surface area contributed by atoms with Gasteiger partial charge in [-0.1, -0.05) is 0 Å². The molecule has 0 fully saturated rings. The van der Waals surface area contributed by atoms with Crippen LogP contribution in [0.4, 0.5) is 0 Å². The van der Waals surface area contributed by atoms with Crippen LogP contribution in [0.15, 0.2) is 29.2 Å². The van der Waals surface area contributed by atoms with Gasteiger partial charge in [0, 0.05) is 4.90 Å². The van der Waals surface area contributed by atoms with Crippen LogP contribution >= 0.6 is 12.6 Å². The van der Waals surface area contributed by atoms with E-state index >= 15 is 0 Å².